The van der Waals surface area contributed by atoms with E-state index in [4.69, 9.17) is 0 Å². The fraction of sp³-hybridized carbons (Fsp3) is 0.895. The van der Waals surface area contributed by atoms with Gasteiger partial charge in [-0.15, -0.1) is 6.58 Å². The molecule has 0 amide bonds. The first-order chi connectivity index (χ1) is 9.39. The maximum atomic E-state index is 3.80. The molecule has 0 aromatic heterocycles. The van der Waals surface area contributed by atoms with Gasteiger partial charge in [0.25, 0.3) is 0 Å². The van der Waals surface area contributed by atoms with Crippen LogP contribution in [0.1, 0.15) is 86.0 Å². The standard InChI is InChI=1S/C19H39N/c1-7-9-10-11-12-13-18(20-14-8-2)15-17(3)16-19(4,5)6/h7,17-18,20H,1,8-16H2,2-6H3. The first kappa shape index (κ1) is 19.7. The summed E-state index contributed by atoms with van der Waals surface area (Å²) < 4.78 is 0. The summed E-state index contributed by atoms with van der Waals surface area (Å²) in [6.45, 7) is 16.7. The monoisotopic (exact) mass is 281 g/mol. The van der Waals surface area contributed by atoms with Crippen molar-refractivity contribution in [3.8, 4) is 0 Å². The molecule has 0 saturated carbocycles. The van der Waals surface area contributed by atoms with Gasteiger partial charge in [0.05, 0.1) is 0 Å². The summed E-state index contributed by atoms with van der Waals surface area (Å²) in [6.07, 6.45) is 12.5. The summed E-state index contributed by atoms with van der Waals surface area (Å²) in [6, 6.07) is 0.719. The van der Waals surface area contributed by atoms with Crippen molar-refractivity contribution in [2.45, 2.75) is 92.0 Å². The topological polar surface area (TPSA) is 12.0 Å². The molecule has 2 atom stereocenters. The molecule has 0 aliphatic rings. The highest BCUT2D eigenvalue weighted by Gasteiger charge is 2.18. The van der Waals surface area contributed by atoms with Crippen LogP contribution in [-0.4, -0.2) is 12.6 Å². The Morgan fingerprint density at radius 3 is 2.40 bits per heavy atom. The van der Waals surface area contributed by atoms with Gasteiger partial charge in [-0.2, -0.15) is 0 Å². The highest BCUT2D eigenvalue weighted by atomic mass is 14.9. The van der Waals surface area contributed by atoms with E-state index in [1.54, 1.807) is 0 Å². The molecule has 0 saturated heterocycles. The molecule has 1 heteroatoms. The SMILES string of the molecule is C=CCCCCCC(CC(C)CC(C)(C)C)NCCC. The van der Waals surface area contributed by atoms with Gasteiger partial charge in [0.2, 0.25) is 0 Å². The zero-order chi connectivity index (χ0) is 15.4. The summed E-state index contributed by atoms with van der Waals surface area (Å²) in [4.78, 5) is 0. The average molecular weight is 282 g/mol. The van der Waals surface area contributed by atoms with Crippen LogP contribution in [0.5, 0.6) is 0 Å². The predicted molar refractivity (Wildman–Crippen MR) is 93.2 cm³/mol. The summed E-state index contributed by atoms with van der Waals surface area (Å²) in [5.74, 6) is 0.817. The molecular formula is C19H39N. The lowest BCUT2D eigenvalue weighted by Crippen LogP contribution is -2.32. The summed E-state index contributed by atoms with van der Waals surface area (Å²) >= 11 is 0. The Hall–Kier alpha value is -0.300. The predicted octanol–water partition coefficient (Wildman–Crippen LogP) is 5.95. The van der Waals surface area contributed by atoms with Crippen molar-refractivity contribution in [3.05, 3.63) is 12.7 Å². The Balaban J connectivity index is 4.02. The lowest BCUT2D eigenvalue weighted by molar-refractivity contribution is 0.269. The van der Waals surface area contributed by atoms with Crippen LogP contribution in [0, 0.1) is 11.3 Å². The second-order valence-electron chi connectivity index (χ2n) is 7.68. The quantitative estimate of drug-likeness (QED) is 0.344. The molecule has 0 aromatic rings. The maximum Gasteiger partial charge on any atom is 0.00696 e. The smallest absolute Gasteiger partial charge is 0.00696 e. The summed E-state index contributed by atoms with van der Waals surface area (Å²) in [7, 11) is 0. The van der Waals surface area contributed by atoms with Crippen LogP contribution in [0.2, 0.25) is 0 Å². The number of hydrogen-bond acceptors (Lipinski definition) is 1. The van der Waals surface area contributed by atoms with E-state index in [1.807, 2.05) is 6.08 Å². The van der Waals surface area contributed by atoms with Crippen molar-refractivity contribution in [2.75, 3.05) is 6.54 Å². The summed E-state index contributed by atoms with van der Waals surface area (Å²) in [5, 5.41) is 3.76. The molecule has 0 spiro atoms. The normalized spacial score (nSPS) is 15.1. The molecule has 0 aliphatic heterocycles. The third-order valence-corrected chi connectivity index (χ3v) is 3.79. The number of rotatable bonds is 12. The van der Waals surface area contributed by atoms with Crippen molar-refractivity contribution in [2.24, 2.45) is 11.3 Å². The number of unbranched alkanes of at least 4 members (excludes halogenated alkanes) is 3. The minimum absolute atomic E-state index is 0.457. The zero-order valence-electron chi connectivity index (χ0n) is 14.8. The van der Waals surface area contributed by atoms with Crippen molar-refractivity contribution < 1.29 is 0 Å². The van der Waals surface area contributed by atoms with E-state index in [-0.39, 0.29) is 0 Å². The van der Waals surface area contributed by atoms with E-state index in [2.05, 4.69) is 46.5 Å². The van der Waals surface area contributed by atoms with E-state index >= 15 is 0 Å². The van der Waals surface area contributed by atoms with Crippen LogP contribution in [0.15, 0.2) is 12.7 Å². The van der Waals surface area contributed by atoms with Gasteiger partial charge in [0.15, 0.2) is 0 Å². The highest BCUT2D eigenvalue weighted by Crippen LogP contribution is 2.27. The molecule has 20 heavy (non-hydrogen) atoms. The lowest BCUT2D eigenvalue weighted by atomic mass is 9.82. The van der Waals surface area contributed by atoms with Gasteiger partial charge in [0.1, 0.15) is 0 Å². The second-order valence-corrected chi connectivity index (χ2v) is 7.68. The van der Waals surface area contributed by atoms with Gasteiger partial charge in [-0.3, -0.25) is 0 Å². The Labute approximate surface area is 128 Å². The molecule has 0 rings (SSSR count). The van der Waals surface area contributed by atoms with E-state index in [1.165, 1.54) is 57.9 Å². The van der Waals surface area contributed by atoms with Gasteiger partial charge in [-0.05, 0) is 56.4 Å². The third kappa shape index (κ3) is 12.7. The fourth-order valence-corrected chi connectivity index (χ4v) is 3.12. The van der Waals surface area contributed by atoms with E-state index in [0.29, 0.717) is 5.41 Å². The van der Waals surface area contributed by atoms with Crippen LogP contribution in [-0.2, 0) is 0 Å². The molecule has 0 aromatic carbocycles. The van der Waals surface area contributed by atoms with Crippen LogP contribution in [0.25, 0.3) is 0 Å². The van der Waals surface area contributed by atoms with Crippen molar-refractivity contribution >= 4 is 0 Å². The lowest BCUT2D eigenvalue weighted by Gasteiger charge is -2.27. The molecule has 1 N–H and O–H groups in total. The molecule has 1 nitrogen and oxygen atoms in total. The fourth-order valence-electron chi connectivity index (χ4n) is 3.12. The average Bonchev–Trinajstić information content (AvgIpc) is 2.33. The zero-order valence-corrected chi connectivity index (χ0v) is 14.8. The number of hydrogen-bond donors (Lipinski definition) is 1. The molecule has 0 aliphatic carbocycles. The first-order valence-corrected chi connectivity index (χ1v) is 8.73. The number of allylic oxidation sites excluding steroid dienone is 1. The summed E-state index contributed by atoms with van der Waals surface area (Å²) in [5.41, 5.74) is 0.457. The molecule has 0 heterocycles. The largest absolute Gasteiger partial charge is 0.314 e. The molecule has 120 valence electrons. The minimum Gasteiger partial charge on any atom is -0.314 e. The van der Waals surface area contributed by atoms with Crippen molar-refractivity contribution in [3.63, 3.8) is 0 Å². The Morgan fingerprint density at radius 2 is 1.85 bits per heavy atom. The molecule has 0 bridgehead atoms. The molecular weight excluding hydrogens is 242 g/mol. The minimum atomic E-state index is 0.457. The van der Waals surface area contributed by atoms with Gasteiger partial charge in [-0.25, -0.2) is 0 Å². The van der Waals surface area contributed by atoms with Crippen LogP contribution < -0.4 is 5.32 Å². The number of nitrogens with one attached hydrogen (secondary N) is 1. The van der Waals surface area contributed by atoms with E-state index < -0.39 is 0 Å². The van der Waals surface area contributed by atoms with Crippen molar-refractivity contribution in [1.29, 1.82) is 0 Å². The van der Waals surface area contributed by atoms with Gasteiger partial charge < -0.3 is 5.32 Å². The van der Waals surface area contributed by atoms with E-state index in [9.17, 15) is 0 Å². The molecule has 2 unspecified atom stereocenters. The maximum absolute atomic E-state index is 3.80. The second kappa shape index (κ2) is 11.4. The van der Waals surface area contributed by atoms with Gasteiger partial charge >= 0.3 is 0 Å². The Kier molecular flexibility index (Phi) is 11.2. The van der Waals surface area contributed by atoms with Gasteiger partial charge in [-0.1, -0.05) is 53.5 Å². The Morgan fingerprint density at radius 1 is 1.15 bits per heavy atom. The van der Waals surface area contributed by atoms with Crippen LogP contribution in [0.3, 0.4) is 0 Å². The van der Waals surface area contributed by atoms with Crippen LogP contribution in [0.4, 0.5) is 0 Å². The van der Waals surface area contributed by atoms with Crippen LogP contribution >= 0.6 is 0 Å². The Bertz CT molecular complexity index is 226. The molecule has 0 radical (unpaired) electrons. The van der Waals surface area contributed by atoms with Gasteiger partial charge in [0, 0.05) is 6.04 Å². The van der Waals surface area contributed by atoms with E-state index in [0.717, 1.165) is 12.0 Å². The highest BCUT2D eigenvalue weighted by molar-refractivity contribution is 4.74. The third-order valence-electron chi connectivity index (χ3n) is 3.79. The van der Waals surface area contributed by atoms with Crippen molar-refractivity contribution in [1.82, 2.24) is 5.32 Å². The first-order valence-electron chi connectivity index (χ1n) is 8.73. The molecule has 0 fully saturated rings.